The second-order valence-corrected chi connectivity index (χ2v) is 21.3. The number of carbonyl (C=O) groups excluding carboxylic acids is 2. The van der Waals surface area contributed by atoms with E-state index in [2.05, 4.69) is 56.7 Å². The number of fused-ring (bicyclic) bond motifs is 1. The smallest absolute Gasteiger partial charge is 0.322 e. The summed E-state index contributed by atoms with van der Waals surface area (Å²) in [4.78, 5) is 51.2. The number of hydrazine groups is 1. The maximum atomic E-state index is 15.4. The van der Waals surface area contributed by atoms with Crippen LogP contribution in [0.4, 0.5) is 0 Å². The molecule has 4 heterocycles. The molecule has 0 saturated carbocycles. The lowest BCUT2D eigenvalue weighted by Gasteiger charge is -2.53. The van der Waals surface area contributed by atoms with Gasteiger partial charge in [0.2, 0.25) is 11.5 Å². The Bertz CT molecular complexity index is 2840. The zero-order valence-electron chi connectivity index (χ0n) is 37.2. The number of aliphatic carboxylic acids is 1. The molecule has 12 nitrogen and oxygen atoms in total. The van der Waals surface area contributed by atoms with Gasteiger partial charge in [0.1, 0.15) is 31.6 Å². The van der Waals surface area contributed by atoms with Crippen molar-refractivity contribution < 1.29 is 24.3 Å². The van der Waals surface area contributed by atoms with Crippen LogP contribution >= 0.6 is 58.4 Å². The number of β-lactam (4-membered cyclic amide) rings is 1. The fourth-order valence-corrected chi connectivity index (χ4v) is 14.1. The summed E-state index contributed by atoms with van der Waals surface area (Å²) in [7, 11) is 0. The molecule has 3 aliphatic heterocycles. The summed E-state index contributed by atoms with van der Waals surface area (Å²) < 4.78 is 3.18. The quantitative estimate of drug-likeness (QED) is 0.0263. The Labute approximate surface area is 426 Å². The van der Waals surface area contributed by atoms with Gasteiger partial charge >= 0.3 is 5.97 Å². The van der Waals surface area contributed by atoms with Crippen molar-refractivity contribution in [1.82, 2.24) is 30.2 Å². The molecule has 6 aromatic carbocycles. The van der Waals surface area contributed by atoms with Crippen molar-refractivity contribution in [3.63, 3.8) is 0 Å². The van der Waals surface area contributed by atoms with E-state index in [-0.39, 0.29) is 23.9 Å². The van der Waals surface area contributed by atoms with E-state index < -0.39 is 45.1 Å². The summed E-state index contributed by atoms with van der Waals surface area (Å²) in [6.07, 6.45) is 0. The molecular weight excluding hydrogens is 978 g/mol. The van der Waals surface area contributed by atoms with Gasteiger partial charge in [0, 0.05) is 34.4 Å². The zero-order valence-corrected chi connectivity index (χ0v) is 41.2. The number of rotatable bonds is 17. The lowest BCUT2D eigenvalue weighted by Crippen LogP contribution is -2.75. The fraction of sp³-hybridized carbons (Fsp3) is 0.170. The highest BCUT2D eigenvalue weighted by atomic mass is 35.5. The van der Waals surface area contributed by atoms with E-state index in [0.29, 0.717) is 21.5 Å². The molecule has 2 saturated heterocycles. The first-order valence-electron chi connectivity index (χ1n) is 22.3. The second kappa shape index (κ2) is 20.5. The number of carbonyl (C=O) groups is 3. The van der Waals surface area contributed by atoms with Crippen molar-refractivity contribution in [1.29, 1.82) is 0 Å². The average molecular weight is 1020 g/mol. The Kier molecular flexibility index (Phi) is 13.9. The highest BCUT2D eigenvalue weighted by Gasteiger charge is 2.59. The Morgan fingerprint density at radius 2 is 1.26 bits per heavy atom. The lowest BCUT2D eigenvalue weighted by atomic mass is 9.77. The Hall–Kier alpha value is -6.40. The van der Waals surface area contributed by atoms with Gasteiger partial charge in [0.15, 0.2) is 5.71 Å². The van der Waals surface area contributed by atoms with Crippen LogP contribution in [0.3, 0.4) is 0 Å². The zero-order chi connectivity index (χ0) is 48.1. The van der Waals surface area contributed by atoms with Crippen LogP contribution in [0.15, 0.2) is 202 Å². The van der Waals surface area contributed by atoms with E-state index in [1.807, 2.05) is 156 Å². The number of halogens is 1. The minimum Gasteiger partial charge on any atom is -0.480 e. The SMILES string of the molecule is O=C(N[C@@H]1C(=O)N2CC(Sc3snnc3CCl)(C(=O)O)CS[C@H]12)C(=NOC(c1ccccc1)(c1ccccc1)c1ccccc1)C1=CSCN1NC(c1ccccc1)(c1ccccc1)c1ccccc1. The van der Waals surface area contributed by atoms with Gasteiger partial charge in [-0.1, -0.05) is 203 Å². The molecule has 0 spiro atoms. The molecule has 3 N–H and O–H groups in total. The summed E-state index contributed by atoms with van der Waals surface area (Å²) in [5, 5.41) is 25.9. The molecule has 352 valence electrons. The van der Waals surface area contributed by atoms with Gasteiger partial charge in [-0.15, -0.1) is 40.2 Å². The highest BCUT2D eigenvalue weighted by molar-refractivity contribution is 8.06. The summed E-state index contributed by atoms with van der Waals surface area (Å²) >= 11 is 11.1. The number of amides is 2. The predicted octanol–water partition coefficient (Wildman–Crippen LogP) is 9.30. The van der Waals surface area contributed by atoms with Crippen LogP contribution in [-0.2, 0) is 36.2 Å². The molecule has 0 radical (unpaired) electrons. The molecule has 2 amide bonds. The highest BCUT2D eigenvalue weighted by Crippen LogP contribution is 2.48. The molecule has 17 heteroatoms. The molecular formula is C53H44ClN7O5S4. The molecule has 7 aromatic rings. The minimum atomic E-state index is -1.39. The first-order valence-corrected chi connectivity index (χ1v) is 26.5. The van der Waals surface area contributed by atoms with Gasteiger partial charge in [-0.25, -0.2) is 5.43 Å². The number of aromatic nitrogens is 2. The van der Waals surface area contributed by atoms with E-state index in [1.54, 1.807) is 0 Å². The summed E-state index contributed by atoms with van der Waals surface area (Å²) in [6.45, 7) is -0.0899. The first kappa shape index (κ1) is 47.3. The largest absolute Gasteiger partial charge is 0.480 e. The number of benzene rings is 6. The van der Waals surface area contributed by atoms with Crippen molar-refractivity contribution >= 4 is 81.9 Å². The second-order valence-electron chi connectivity index (χ2n) is 16.7. The van der Waals surface area contributed by atoms with Gasteiger partial charge in [-0.05, 0) is 28.2 Å². The van der Waals surface area contributed by atoms with E-state index >= 15 is 4.79 Å². The van der Waals surface area contributed by atoms with Gasteiger partial charge in [-0.3, -0.25) is 19.4 Å². The third kappa shape index (κ3) is 8.77. The standard InChI is InChI=1S/C53H44ClN7O5S4/c54-31-42-49(70-59-56-42)69-51(50(64)65)33-60-47(63)45(48(60)68-34-51)55-46(62)44(57-66-53(39-25-13-4-14-26-39,40-27-15-5-16-28-40)41-29-17-6-18-30-41)43-32-67-35-61(43)58-52(36-19-7-1-8-20-36,37-21-9-2-10-22-37)38-23-11-3-12-24-38/h1-30,32,45,48,58H,31,33-35H2,(H,55,62)(H,64,65)/t45-,48-,51?/m1/s1. The van der Waals surface area contributed by atoms with Crippen LogP contribution in [0.25, 0.3) is 0 Å². The van der Waals surface area contributed by atoms with Crippen molar-refractivity contribution in [2.75, 3.05) is 18.2 Å². The van der Waals surface area contributed by atoms with Gasteiger partial charge in [0.05, 0.1) is 17.5 Å². The fourth-order valence-electron chi connectivity index (χ4n) is 9.09. The molecule has 1 aromatic heterocycles. The van der Waals surface area contributed by atoms with E-state index in [9.17, 15) is 14.7 Å². The number of hydrogen-bond acceptors (Lipinski definition) is 13. The van der Waals surface area contributed by atoms with Crippen LogP contribution in [0.5, 0.6) is 0 Å². The van der Waals surface area contributed by atoms with Crippen molar-refractivity contribution in [2.45, 2.75) is 37.4 Å². The minimum absolute atomic E-state index is 0.0749. The van der Waals surface area contributed by atoms with Crippen molar-refractivity contribution in [3.05, 3.63) is 232 Å². The maximum Gasteiger partial charge on any atom is 0.322 e. The summed E-state index contributed by atoms with van der Waals surface area (Å²) in [5.74, 6) is -1.54. The number of thioether (sulfide) groups is 3. The number of hydrogen-bond donors (Lipinski definition) is 3. The van der Waals surface area contributed by atoms with E-state index in [4.69, 9.17) is 21.6 Å². The summed E-state index contributed by atoms with van der Waals surface area (Å²) in [6, 6.07) is 58.7. The molecule has 10 rings (SSSR count). The van der Waals surface area contributed by atoms with Crippen molar-refractivity contribution in [2.24, 2.45) is 5.16 Å². The van der Waals surface area contributed by atoms with E-state index in [0.717, 1.165) is 56.7 Å². The molecule has 0 aliphatic carbocycles. The topological polar surface area (TPSA) is 149 Å². The maximum absolute atomic E-state index is 15.4. The number of nitrogens with zero attached hydrogens (tertiary/aromatic N) is 5. The molecule has 1 unspecified atom stereocenters. The van der Waals surface area contributed by atoms with Crippen molar-refractivity contribution in [3.8, 4) is 0 Å². The van der Waals surface area contributed by atoms with Gasteiger partial charge < -0.3 is 20.2 Å². The van der Waals surface area contributed by atoms with Gasteiger partial charge in [0.25, 0.3) is 5.91 Å². The third-order valence-electron chi connectivity index (χ3n) is 12.6. The Morgan fingerprint density at radius 1 is 0.771 bits per heavy atom. The molecule has 0 bridgehead atoms. The monoisotopic (exact) mass is 1020 g/mol. The van der Waals surface area contributed by atoms with Crippen LogP contribution in [-0.4, -0.2) is 82.4 Å². The van der Waals surface area contributed by atoms with E-state index in [1.165, 1.54) is 28.4 Å². The summed E-state index contributed by atoms with van der Waals surface area (Å²) in [5.41, 5.74) is 7.58. The molecule has 3 atom stereocenters. The van der Waals surface area contributed by atoms with Crippen LogP contribution in [0, 0.1) is 0 Å². The third-order valence-corrected chi connectivity index (χ3v) is 17.6. The number of oxime groups is 1. The predicted molar refractivity (Wildman–Crippen MR) is 278 cm³/mol. The molecule has 3 aliphatic rings. The normalized spacial score (nSPS) is 19.2. The average Bonchev–Trinajstić information content (AvgIpc) is 4.08. The first-order chi connectivity index (χ1) is 34.3. The number of carboxylic acids is 1. The Morgan fingerprint density at radius 3 is 1.73 bits per heavy atom. The van der Waals surface area contributed by atoms with Crippen LogP contribution in [0.1, 0.15) is 39.1 Å². The number of alkyl halides is 1. The van der Waals surface area contributed by atoms with Gasteiger partial charge in [-0.2, -0.15) is 0 Å². The molecule has 70 heavy (non-hydrogen) atoms. The van der Waals surface area contributed by atoms with Crippen LogP contribution < -0.4 is 10.7 Å². The molecule has 2 fully saturated rings. The number of carboxylic acid groups (broad SMARTS) is 1. The van der Waals surface area contributed by atoms with Crippen LogP contribution in [0.2, 0.25) is 0 Å². The Balaban J connectivity index is 1.06. The lowest BCUT2D eigenvalue weighted by molar-refractivity contribution is -0.151. The number of nitrogens with one attached hydrogen (secondary N) is 2.